The molecule has 1 saturated heterocycles. The van der Waals surface area contributed by atoms with Crippen LogP contribution in [0.25, 0.3) is 10.9 Å². The van der Waals surface area contributed by atoms with Crippen molar-refractivity contribution < 1.29 is 48.1 Å². The van der Waals surface area contributed by atoms with Crippen molar-refractivity contribution in [3.05, 3.63) is 90.1 Å². The van der Waals surface area contributed by atoms with Gasteiger partial charge in [-0.15, -0.1) is 0 Å². The van der Waals surface area contributed by atoms with Gasteiger partial charge < -0.3 is 58.2 Å². The Morgan fingerprint density at radius 2 is 1.41 bits per heavy atom. The average molecular weight is 1030 g/mol. The number of carbonyl (C=O) groups is 9. The molecule has 0 bridgehead atoms. The largest absolute Gasteiger partial charge is 0.368 e. The van der Waals surface area contributed by atoms with Crippen LogP contribution in [-0.2, 0) is 62.4 Å². The van der Waals surface area contributed by atoms with Gasteiger partial charge in [0, 0.05) is 61.7 Å². The number of nitrogens with one attached hydrogen (secondary N) is 11. The molecule has 5 rings (SSSR count). The first kappa shape index (κ1) is 56.6. The number of benzene rings is 2. The van der Waals surface area contributed by atoms with Gasteiger partial charge in [0.05, 0.1) is 19.3 Å². The van der Waals surface area contributed by atoms with Crippen molar-refractivity contribution in [2.75, 3.05) is 13.1 Å². The SMILES string of the molecule is CCCCC(NC(C)=O)C(=O)NC1CC(=O)NCCCCC(C(N)=O)NC(=O)C(Cc2c[nH]c3ccccc23)NC(=O)C(CCC[NH+]=C(N)N)NC(=O)C(Cc2ccccc2)NC(=O)C(Cc2cnc[nH]2)NC1=O. The van der Waals surface area contributed by atoms with E-state index in [-0.39, 0.29) is 76.8 Å². The summed E-state index contributed by atoms with van der Waals surface area (Å²) in [5.41, 5.74) is 19.5. The summed E-state index contributed by atoms with van der Waals surface area (Å²) in [4.78, 5) is 138. The van der Waals surface area contributed by atoms with Crippen molar-refractivity contribution in [3.63, 3.8) is 0 Å². The summed E-state index contributed by atoms with van der Waals surface area (Å²) in [7, 11) is 0. The zero-order valence-electron chi connectivity index (χ0n) is 41.7. The van der Waals surface area contributed by atoms with Crippen LogP contribution in [0.3, 0.4) is 0 Å². The van der Waals surface area contributed by atoms with Crippen molar-refractivity contribution in [1.82, 2.24) is 57.5 Å². The molecule has 7 unspecified atom stereocenters. The number of amides is 9. The molecule has 4 aromatic rings. The molecule has 0 saturated carbocycles. The summed E-state index contributed by atoms with van der Waals surface area (Å²) in [6.45, 7) is 3.39. The molecule has 24 nitrogen and oxygen atoms in total. The maximum absolute atomic E-state index is 14.7. The van der Waals surface area contributed by atoms with Crippen LogP contribution < -0.4 is 64.7 Å². The number of carbonyl (C=O) groups excluding carboxylic acids is 9. The normalized spacial score (nSPS) is 21.3. The predicted molar refractivity (Wildman–Crippen MR) is 272 cm³/mol. The molecule has 2 aromatic heterocycles. The van der Waals surface area contributed by atoms with Gasteiger partial charge in [0.1, 0.15) is 42.3 Å². The number of primary amides is 1. The fourth-order valence-electron chi connectivity index (χ4n) is 8.43. The molecule has 2 aromatic carbocycles. The maximum atomic E-state index is 14.7. The number of imidazole rings is 1. The second-order valence-electron chi connectivity index (χ2n) is 18.3. The summed E-state index contributed by atoms with van der Waals surface area (Å²) < 4.78 is 0. The number of hydrogen-bond acceptors (Lipinski definition) is 10. The number of aromatic nitrogens is 3. The molecular formula is C50H70N15O9+. The smallest absolute Gasteiger partial charge is 0.338 e. The topological polar surface area (TPSA) is 386 Å². The first-order chi connectivity index (χ1) is 35.5. The minimum absolute atomic E-state index is 0.0190. The maximum Gasteiger partial charge on any atom is 0.338 e. The Balaban J connectivity index is 1.55. The highest BCUT2D eigenvalue weighted by atomic mass is 16.2. The molecule has 0 aliphatic carbocycles. The van der Waals surface area contributed by atoms with Crippen LogP contribution in [0.1, 0.15) is 88.5 Å². The molecule has 74 heavy (non-hydrogen) atoms. The zero-order chi connectivity index (χ0) is 53.6. The highest BCUT2D eigenvalue weighted by molar-refractivity contribution is 5.99. The molecule has 0 spiro atoms. The summed E-state index contributed by atoms with van der Waals surface area (Å²) in [5, 5.41) is 22.4. The van der Waals surface area contributed by atoms with E-state index in [1.54, 1.807) is 36.5 Å². The molecule has 1 fully saturated rings. The van der Waals surface area contributed by atoms with Crippen LogP contribution in [0.4, 0.5) is 0 Å². The van der Waals surface area contributed by atoms with E-state index in [1.807, 2.05) is 31.2 Å². The number of fused-ring (bicyclic) bond motifs is 1. The van der Waals surface area contributed by atoms with E-state index in [9.17, 15) is 43.2 Å². The van der Waals surface area contributed by atoms with Crippen LogP contribution in [-0.4, -0.2) is 129 Å². The Hall–Kier alpha value is -8.31. The fourth-order valence-corrected chi connectivity index (χ4v) is 8.43. The minimum Gasteiger partial charge on any atom is -0.368 e. The van der Waals surface area contributed by atoms with Crippen molar-refractivity contribution in [3.8, 4) is 0 Å². The van der Waals surface area contributed by atoms with Gasteiger partial charge in [0.2, 0.25) is 53.2 Å². The molecule has 7 atom stereocenters. The number of para-hydroxylation sites is 1. The van der Waals surface area contributed by atoms with E-state index < -0.39 is 102 Å². The van der Waals surface area contributed by atoms with Crippen LogP contribution in [0, 0.1) is 0 Å². The molecular weight excluding hydrogens is 955 g/mol. The lowest BCUT2D eigenvalue weighted by Gasteiger charge is -2.28. The molecule has 398 valence electrons. The van der Waals surface area contributed by atoms with Crippen molar-refractivity contribution in [1.29, 1.82) is 0 Å². The molecule has 1 aliphatic rings. The van der Waals surface area contributed by atoms with Gasteiger partial charge >= 0.3 is 5.96 Å². The van der Waals surface area contributed by atoms with Gasteiger partial charge in [0.25, 0.3) is 0 Å². The van der Waals surface area contributed by atoms with Crippen molar-refractivity contribution in [2.45, 2.75) is 133 Å². The van der Waals surface area contributed by atoms with Crippen LogP contribution in [0.2, 0.25) is 0 Å². The van der Waals surface area contributed by atoms with Crippen molar-refractivity contribution >= 4 is 70.0 Å². The fraction of sp³-hybridized carbons (Fsp3) is 0.460. The summed E-state index contributed by atoms with van der Waals surface area (Å²) in [6, 6.07) is 6.75. The minimum atomic E-state index is -1.57. The molecule has 24 heteroatoms. The highest BCUT2D eigenvalue weighted by Crippen LogP contribution is 2.20. The summed E-state index contributed by atoms with van der Waals surface area (Å²) >= 11 is 0. The first-order valence-electron chi connectivity index (χ1n) is 24.8. The Labute approximate surface area is 428 Å². The lowest BCUT2D eigenvalue weighted by molar-refractivity contribution is -0.459. The number of aromatic amines is 2. The molecule has 1 aliphatic heterocycles. The second kappa shape index (κ2) is 28.7. The van der Waals surface area contributed by atoms with Crippen LogP contribution >= 0.6 is 0 Å². The Bertz CT molecular complexity index is 2580. The van der Waals surface area contributed by atoms with Crippen molar-refractivity contribution in [2.24, 2.45) is 17.2 Å². The van der Waals surface area contributed by atoms with Gasteiger partial charge in [0.15, 0.2) is 0 Å². The van der Waals surface area contributed by atoms with Gasteiger partial charge in [-0.2, -0.15) is 0 Å². The van der Waals surface area contributed by atoms with Gasteiger partial charge in [-0.1, -0.05) is 68.3 Å². The summed E-state index contributed by atoms with van der Waals surface area (Å²) in [6.07, 6.45) is 5.85. The predicted octanol–water partition coefficient (Wildman–Crippen LogP) is -3.17. The van der Waals surface area contributed by atoms with E-state index in [1.165, 1.54) is 19.4 Å². The molecule has 3 heterocycles. The Morgan fingerprint density at radius 1 is 0.757 bits per heavy atom. The summed E-state index contributed by atoms with van der Waals surface area (Å²) in [5.74, 6) is -6.92. The zero-order valence-corrected chi connectivity index (χ0v) is 41.7. The van der Waals surface area contributed by atoms with Crippen LogP contribution in [0.15, 0.2) is 73.3 Å². The Kier molecular flexibility index (Phi) is 21.9. The van der Waals surface area contributed by atoms with E-state index in [0.717, 1.165) is 10.9 Å². The second-order valence-corrected chi connectivity index (χ2v) is 18.3. The van der Waals surface area contributed by atoms with E-state index in [2.05, 4.69) is 62.5 Å². The number of H-pyrrole nitrogens is 2. The lowest BCUT2D eigenvalue weighted by Crippen LogP contribution is -2.78. The monoisotopic (exact) mass is 1020 g/mol. The van der Waals surface area contributed by atoms with Gasteiger partial charge in [-0.3, -0.25) is 59.6 Å². The number of guanidine groups is 1. The number of nitrogens with zero attached hydrogens (tertiary/aromatic N) is 1. The average Bonchev–Trinajstić information content (AvgIpc) is 4.04. The highest BCUT2D eigenvalue weighted by Gasteiger charge is 2.35. The third-order valence-corrected chi connectivity index (χ3v) is 12.4. The number of hydrogen-bond donors (Lipinski definition) is 14. The quantitative estimate of drug-likeness (QED) is 0.0283. The van der Waals surface area contributed by atoms with Gasteiger partial charge in [-0.05, 0) is 55.7 Å². The van der Waals surface area contributed by atoms with E-state index >= 15 is 0 Å². The molecule has 9 amide bonds. The lowest BCUT2D eigenvalue weighted by atomic mass is 10.0. The number of nitrogens with two attached hydrogens (primary N) is 3. The third-order valence-electron chi connectivity index (χ3n) is 12.4. The van der Waals surface area contributed by atoms with Gasteiger partial charge in [-0.25, -0.2) is 4.98 Å². The Morgan fingerprint density at radius 3 is 2.08 bits per heavy atom. The molecule has 0 radical (unpaired) electrons. The van der Waals surface area contributed by atoms with E-state index in [4.69, 9.17) is 17.2 Å². The van der Waals surface area contributed by atoms with E-state index in [0.29, 0.717) is 29.7 Å². The van der Waals surface area contributed by atoms with Crippen LogP contribution in [0.5, 0.6) is 0 Å². The number of unbranched alkanes of at least 4 members (excludes halogenated alkanes) is 1. The first-order valence-corrected chi connectivity index (χ1v) is 24.8. The standard InChI is InChI=1S/C50H69N15O9/c1-3-4-16-36(59-29(2)66)44(69)65-41-25-42(67)55-20-11-10-18-35(43(51)68)60-47(72)39(23-31-26-57-34-17-9-8-15-33(31)34)63-45(70)37(19-12-21-56-50(52)53)61-46(71)38(22-30-13-6-5-7-14-30)62-48(73)40(64-49(41)74)24-32-27-54-28-58-32/h5-9,13-15,17,26-28,35-41,57H,3-4,10-12,16,18-25H2,1-2H3,(H2,51,68)(H,54,58)(H,55,67)(H,59,66)(H,60,72)(H,61,71)(H,62,73)(H,63,70)(H,64,74)(H,65,69)(H4,52,53,56)/p+1. The third kappa shape index (κ3) is 18.1. The number of rotatable bonds is 17. The molecule has 17 N–H and O–H groups in total.